The van der Waals surface area contributed by atoms with Gasteiger partial charge in [-0.2, -0.15) is 0 Å². The number of thiophene rings is 1. The monoisotopic (exact) mass is 325 g/mol. The number of allylic oxidation sites excluding steroid dienone is 1. The quantitative estimate of drug-likeness (QED) is 0.828. The van der Waals surface area contributed by atoms with Crippen LogP contribution in [0.1, 0.15) is 23.5 Å². The van der Waals surface area contributed by atoms with Crippen LogP contribution < -0.4 is 4.72 Å². The molecule has 0 aliphatic heterocycles. The minimum absolute atomic E-state index is 0.133. The van der Waals surface area contributed by atoms with Crippen molar-refractivity contribution in [2.45, 2.75) is 18.7 Å². The second-order valence-corrected chi connectivity index (χ2v) is 7.45. The number of carbonyl (C=O) groups is 1. The molecule has 0 radical (unpaired) electrons. The van der Waals surface area contributed by atoms with Gasteiger partial charge in [-0.15, -0.1) is 11.3 Å². The average Bonchev–Trinajstić information content (AvgIpc) is 2.78. The van der Waals surface area contributed by atoms with Crippen LogP contribution in [-0.4, -0.2) is 26.0 Å². The van der Waals surface area contributed by atoms with E-state index < -0.39 is 16.0 Å². The number of aromatic carboxylic acids is 1. The van der Waals surface area contributed by atoms with Gasteiger partial charge in [0.15, 0.2) is 0 Å². The van der Waals surface area contributed by atoms with E-state index in [9.17, 15) is 18.3 Å². The maximum atomic E-state index is 12.4. The molecule has 0 saturated carbocycles. The minimum Gasteiger partial charge on any atom is -0.477 e. The van der Waals surface area contributed by atoms with Crippen LogP contribution in [0.3, 0.4) is 0 Å². The van der Waals surface area contributed by atoms with Crippen molar-refractivity contribution in [1.82, 2.24) is 4.72 Å². The summed E-state index contributed by atoms with van der Waals surface area (Å²) >= 11 is 0.965. The Morgan fingerprint density at radius 1 is 1.33 bits per heavy atom. The van der Waals surface area contributed by atoms with Crippen molar-refractivity contribution >= 4 is 37.4 Å². The summed E-state index contributed by atoms with van der Waals surface area (Å²) in [5, 5.41) is 9.68. The third-order valence-corrected chi connectivity index (χ3v) is 5.59. The molecule has 112 valence electrons. The fraction of sp³-hybridized carbons (Fsp3) is 0.214. The molecule has 0 atom stereocenters. The summed E-state index contributed by atoms with van der Waals surface area (Å²) in [5.74, 6) is -1.24. The lowest BCUT2D eigenvalue weighted by atomic mass is 10.2. The minimum atomic E-state index is -3.88. The Labute approximate surface area is 127 Å². The van der Waals surface area contributed by atoms with E-state index in [0.29, 0.717) is 10.1 Å². The average molecular weight is 325 g/mol. The summed E-state index contributed by atoms with van der Waals surface area (Å²) in [4.78, 5) is 11.0. The highest BCUT2D eigenvalue weighted by molar-refractivity contribution is 7.90. The van der Waals surface area contributed by atoms with E-state index in [0.717, 1.165) is 16.9 Å². The normalized spacial score (nSPS) is 11.5. The topological polar surface area (TPSA) is 83.5 Å². The highest BCUT2D eigenvalue weighted by Gasteiger charge is 2.27. The first-order chi connectivity index (χ1) is 9.83. The van der Waals surface area contributed by atoms with E-state index in [1.807, 2.05) is 13.8 Å². The van der Waals surface area contributed by atoms with Crippen LogP contribution in [0.25, 0.3) is 10.1 Å². The van der Waals surface area contributed by atoms with Crippen LogP contribution in [0, 0.1) is 0 Å². The van der Waals surface area contributed by atoms with E-state index in [-0.39, 0.29) is 16.3 Å². The summed E-state index contributed by atoms with van der Waals surface area (Å²) in [6.07, 6.45) is 1.73. The van der Waals surface area contributed by atoms with E-state index in [2.05, 4.69) is 4.72 Å². The lowest BCUT2D eigenvalue weighted by Gasteiger charge is -2.05. The van der Waals surface area contributed by atoms with Gasteiger partial charge in [0.1, 0.15) is 9.77 Å². The lowest BCUT2D eigenvalue weighted by Crippen LogP contribution is -2.25. The van der Waals surface area contributed by atoms with E-state index in [1.54, 1.807) is 30.3 Å². The molecule has 1 aromatic heterocycles. The molecule has 0 bridgehead atoms. The van der Waals surface area contributed by atoms with Gasteiger partial charge in [-0.1, -0.05) is 29.8 Å². The Bertz CT molecular complexity index is 815. The number of carboxylic acids is 1. The molecular weight excluding hydrogens is 310 g/mol. The van der Waals surface area contributed by atoms with Gasteiger partial charge in [-0.05, 0) is 19.9 Å². The third kappa shape index (κ3) is 3.31. The van der Waals surface area contributed by atoms with Gasteiger partial charge in [0, 0.05) is 16.6 Å². The van der Waals surface area contributed by atoms with Crippen molar-refractivity contribution in [1.29, 1.82) is 0 Å². The molecule has 0 aliphatic carbocycles. The Hall–Kier alpha value is -1.70. The molecule has 0 saturated heterocycles. The molecule has 0 unspecified atom stereocenters. The Balaban J connectivity index is 2.56. The number of hydrogen-bond acceptors (Lipinski definition) is 4. The summed E-state index contributed by atoms with van der Waals surface area (Å²) < 4.78 is 27.9. The summed E-state index contributed by atoms with van der Waals surface area (Å²) in [7, 11) is -3.88. The molecule has 0 spiro atoms. The first kappa shape index (κ1) is 15.7. The molecular formula is C14H15NO4S2. The molecule has 2 aromatic rings. The predicted molar refractivity (Wildman–Crippen MR) is 83.4 cm³/mol. The second kappa shape index (κ2) is 5.97. The number of benzene rings is 1. The SMILES string of the molecule is CC(C)=CCNS(=O)(=O)c1c(C(=O)O)sc2ccccc12. The van der Waals surface area contributed by atoms with Crippen molar-refractivity contribution in [3.63, 3.8) is 0 Å². The van der Waals surface area contributed by atoms with Crippen molar-refractivity contribution in [3.8, 4) is 0 Å². The lowest BCUT2D eigenvalue weighted by molar-refractivity contribution is 0.0698. The molecule has 0 amide bonds. The van der Waals surface area contributed by atoms with Gasteiger partial charge in [0.2, 0.25) is 10.0 Å². The van der Waals surface area contributed by atoms with Gasteiger partial charge < -0.3 is 5.11 Å². The summed E-state index contributed by atoms with van der Waals surface area (Å²) in [6, 6.07) is 6.77. The molecule has 0 aliphatic rings. The molecule has 2 rings (SSSR count). The largest absolute Gasteiger partial charge is 0.477 e. The zero-order chi connectivity index (χ0) is 15.6. The first-order valence-electron chi connectivity index (χ1n) is 6.21. The molecule has 5 nitrogen and oxygen atoms in total. The van der Waals surface area contributed by atoms with Crippen molar-refractivity contribution < 1.29 is 18.3 Å². The highest BCUT2D eigenvalue weighted by Crippen LogP contribution is 2.34. The fourth-order valence-corrected chi connectivity index (χ4v) is 4.56. The van der Waals surface area contributed by atoms with Gasteiger partial charge in [-0.3, -0.25) is 0 Å². The molecule has 1 heterocycles. The van der Waals surface area contributed by atoms with Gasteiger partial charge in [-0.25, -0.2) is 17.9 Å². The molecule has 21 heavy (non-hydrogen) atoms. The zero-order valence-electron chi connectivity index (χ0n) is 11.6. The second-order valence-electron chi connectivity index (χ2n) is 4.69. The van der Waals surface area contributed by atoms with E-state index in [1.165, 1.54) is 0 Å². The van der Waals surface area contributed by atoms with Crippen LogP contribution >= 0.6 is 11.3 Å². The number of sulfonamides is 1. The highest BCUT2D eigenvalue weighted by atomic mass is 32.2. The zero-order valence-corrected chi connectivity index (χ0v) is 13.2. The molecule has 7 heteroatoms. The number of nitrogens with one attached hydrogen (secondary N) is 1. The van der Waals surface area contributed by atoms with Crippen LogP contribution in [0.15, 0.2) is 40.8 Å². The van der Waals surface area contributed by atoms with Crippen molar-refractivity contribution in [3.05, 3.63) is 40.8 Å². The Morgan fingerprint density at radius 2 is 2.00 bits per heavy atom. The Morgan fingerprint density at radius 3 is 2.62 bits per heavy atom. The predicted octanol–water partition coefficient (Wildman–Crippen LogP) is 2.84. The Kier molecular flexibility index (Phi) is 4.46. The summed E-state index contributed by atoms with van der Waals surface area (Å²) in [5.41, 5.74) is 0.978. The number of rotatable bonds is 5. The smallest absolute Gasteiger partial charge is 0.347 e. The van der Waals surface area contributed by atoms with Gasteiger partial charge in [0.05, 0.1) is 0 Å². The van der Waals surface area contributed by atoms with Crippen molar-refractivity contribution in [2.75, 3.05) is 6.54 Å². The maximum absolute atomic E-state index is 12.4. The van der Waals surface area contributed by atoms with E-state index in [4.69, 9.17) is 0 Å². The number of carboxylic acid groups (broad SMARTS) is 1. The molecule has 0 fully saturated rings. The number of hydrogen-bond donors (Lipinski definition) is 2. The van der Waals surface area contributed by atoms with Gasteiger partial charge >= 0.3 is 5.97 Å². The van der Waals surface area contributed by atoms with Crippen LogP contribution in [0.4, 0.5) is 0 Å². The molecule has 2 N–H and O–H groups in total. The van der Waals surface area contributed by atoms with Gasteiger partial charge in [0.25, 0.3) is 0 Å². The van der Waals surface area contributed by atoms with Crippen LogP contribution in [-0.2, 0) is 10.0 Å². The first-order valence-corrected chi connectivity index (χ1v) is 8.51. The fourth-order valence-electron chi connectivity index (χ4n) is 1.86. The summed E-state index contributed by atoms with van der Waals surface area (Å²) in [6.45, 7) is 3.85. The molecule has 1 aromatic carbocycles. The standard InChI is InChI=1S/C14H15NO4S2/c1-9(2)7-8-15-21(18,19)13-10-5-3-4-6-11(10)20-12(13)14(16)17/h3-7,15H,8H2,1-2H3,(H,16,17). The van der Waals surface area contributed by atoms with Crippen LogP contribution in [0.5, 0.6) is 0 Å². The third-order valence-electron chi connectivity index (χ3n) is 2.80. The number of fused-ring (bicyclic) bond motifs is 1. The van der Waals surface area contributed by atoms with Crippen LogP contribution in [0.2, 0.25) is 0 Å². The maximum Gasteiger partial charge on any atom is 0.347 e. The van der Waals surface area contributed by atoms with Crippen molar-refractivity contribution in [2.24, 2.45) is 0 Å². The van der Waals surface area contributed by atoms with E-state index >= 15 is 0 Å².